The van der Waals surface area contributed by atoms with E-state index in [2.05, 4.69) is 29.2 Å². The average Bonchev–Trinajstić information content (AvgIpc) is 3.05. The molecule has 1 aliphatic heterocycles. The molecule has 1 atom stereocenters. The van der Waals surface area contributed by atoms with Crippen molar-refractivity contribution < 1.29 is 4.79 Å². The van der Waals surface area contributed by atoms with Crippen LogP contribution in [0.3, 0.4) is 0 Å². The molecule has 1 amide bonds. The maximum Gasteiger partial charge on any atom is 0.275 e. The van der Waals surface area contributed by atoms with Gasteiger partial charge in [0.1, 0.15) is 0 Å². The van der Waals surface area contributed by atoms with Gasteiger partial charge in [0, 0.05) is 24.5 Å². The van der Waals surface area contributed by atoms with Gasteiger partial charge >= 0.3 is 0 Å². The maximum absolute atomic E-state index is 12.5. The highest BCUT2D eigenvalue weighted by atomic mass is 16.2. The summed E-state index contributed by atoms with van der Waals surface area (Å²) < 4.78 is 0. The van der Waals surface area contributed by atoms with Gasteiger partial charge in [0.2, 0.25) is 0 Å². The van der Waals surface area contributed by atoms with Crippen LogP contribution < -0.4 is 0 Å². The smallest absolute Gasteiger partial charge is 0.275 e. The third-order valence-corrected chi connectivity index (χ3v) is 3.85. The number of aromatic amines is 1. The van der Waals surface area contributed by atoms with Gasteiger partial charge in [0.05, 0.1) is 5.52 Å². The van der Waals surface area contributed by atoms with Crippen molar-refractivity contribution in [1.29, 1.82) is 0 Å². The highest BCUT2D eigenvalue weighted by Gasteiger charge is 2.29. The van der Waals surface area contributed by atoms with Crippen LogP contribution in [0.5, 0.6) is 0 Å². The lowest BCUT2D eigenvalue weighted by Gasteiger charge is -2.19. The van der Waals surface area contributed by atoms with Gasteiger partial charge in [-0.15, -0.1) is 0 Å². The molecule has 0 radical (unpaired) electrons. The minimum atomic E-state index is 0.0294. The van der Waals surface area contributed by atoms with Crippen LogP contribution in [0.2, 0.25) is 0 Å². The number of aromatic nitrogens is 2. The Bertz CT molecular complexity index is 604. The molecule has 0 saturated carbocycles. The first-order valence-electron chi connectivity index (χ1n) is 6.55. The Balaban J connectivity index is 1.85. The summed E-state index contributed by atoms with van der Waals surface area (Å²) in [5.41, 5.74) is 1.45. The van der Waals surface area contributed by atoms with Crippen molar-refractivity contribution >= 4 is 16.8 Å². The molecule has 100 valence electrons. The van der Waals surface area contributed by atoms with E-state index < -0.39 is 0 Å². The lowest BCUT2D eigenvalue weighted by Crippen LogP contribution is -2.34. The van der Waals surface area contributed by atoms with E-state index in [1.54, 1.807) is 0 Å². The number of para-hydroxylation sites is 1. The molecule has 1 saturated heterocycles. The second-order valence-corrected chi connectivity index (χ2v) is 5.28. The molecule has 2 aromatic rings. The molecule has 0 aliphatic carbocycles. The Morgan fingerprint density at radius 2 is 2.21 bits per heavy atom. The summed E-state index contributed by atoms with van der Waals surface area (Å²) in [7, 11) is 4.12. The Hall–Kier alpha value is -1.88. The number of nitrogens with zero attached hydrogens (tertiary/aromatic N) is 3. The number of fused-ring (bicyclic) bond motifs is 1. The van der Waals surface area contributed by atoms with Crippen molar-refractivity contribution in [2.75, 3.05) is 27.2 Å². The minimum Gasteiger partial charge on any atom is -0.336 e. The second-order valence-electron chi connectivity index (χ2n) is 5.28. The highest BCUT2D eigenvalue weighted by Crippen LogP contribution is 2.20. The van der Waals surface area contributed by atoms with Crippen LogP contribution in [-0.4, -0.2) is 59.1 Å². The van der Waals surface area contributed by atoms with E-state index in [-0.39, 0.29) is 5.91 Å². The van der Waals surface area contributed by atoms with Gasteiger partial charge in [-0.1, -0.05) is 18.2 Å². The van der Waals surface area contributed by atoms with Crippen molar-refractivity contribution in [1.82, 2.24) is 20.0 Å². The molecule has 5 nitrogen and oxygen atoms in total. The largest absolute Gasteiger partial charge is 0.336 e. The summed E-state index contributed by atoms with van der Waals surface area (Å²) in [4.78, 5) is 16.6. The van der Waals surface area contributed by atoms with Gasteiger partial charge in [-0.25, -0.2) is 0 Å². The first-order valence-corrected chi connectivity index (χ1v) is 6.55. The van der Waals surface area contributed by atoms with E-state index >= 15 is 0 Å². The number of amides is 1. The lowest BCUT2D eigenvalue weighted by molar-refractivity contribution is 0.0779. The third kappa shape index (κ3) is 2.10. The number of hydrogen-bond donors (Lipinski definition) is 1. The fourth-order valence-corrected chi connectivity index (χ4v) is 2.62. The predicted octanol–water partition coefficient (Wildman–Crippen LogP) is 1.34. The topological polar surface area (TPSA) is 52.2 Å². The molecule has 1 N–H and O–H groups in total. The van der Waals surface area contributed by atoms with Gasteiger partial charge in [-0.05, 0) is 26.6 Å². The van der Waals surface area contributed by atoms with Gasteiger partial charge < -0.3 is 9.80 Å². The summed E-state index contributed by atoms with van der Waals surface area (Å²) in [6, 6.07) is 8.19. The average molecular weight is 258 g/mol. The Labute approximate surface area is 112 Å². The molecule has 19 heavy (non-hydrogen) atoms. The van der Waals surface area contributed by atoms with Crippen LogP contribution in [0.1, 0.15) is 16.9 Å². The first-order chi connectivity index (χ1) is 9.16. The number of carbonyl (C=O) groups excluding carboxylic acids is 1. The molecule has 2 heterocycles. The van der Waals surface area contributed by atoms with Crippen LogP contribution in [0.25, 0.3) is 10.9 Å². The van der Waals surface area contributed by atoms with Crippen LogP contribution in [0, 0.1) is 0 Å². The fourth-order valence-electron chi connectivity index (χ4n) is 2.62. The van der Waals surface area contributed by atoms with E-state index in [1.165, 1.54) is 0 Å². The van der Waals surface area contributed by atoms with E-state index in [1.807, 2.05) is 29.2 Å². The van der Waals surface area contributed by atoms with E-state index in [0.29, 0.717) is 11.7 Å². The van der Waals surface area contributed by atoms with Crippen LogP contribution >= 0.6 is 0 Å². The Kier molecular flexibility index (Phi) is 2.98. The number of benzene rings is 1. The van der Waals surface area contributed by atoms with Crippen molar-refractivity contribution in [3.8, 4) is 0 Å². The zero-order valence-corrected chi connectivity index (χ0v) is 11.3. The predicted molar refractivity (Wildman–Crippen MR) is 74.1 cm³/mol. The van der Waals surface area contributed by atoms with Gasteiger partial charge in [-0.2, -0.15) is 5.10 Å². The van der Waals surface area contributed by atoms with Gasteiger partial charge in [0.15, 0.2) is 5.69 Å². The van der Waals surface area contributed by atoms with Gasteiger partial charge in [0.25, 0.3) is 5.91 Å². The summed E-state index contributed by atoms with van der Waals surface area (Å²) in [6.07, 6.45) is 1.03. The minimum absolute atomic E-state index is 0.0294. The SMILES string of the molecule is CN(C)C1CCN(C(=O)c2n[nH]c3ccccc23)C1. The summed E-state index contributed by atoms with van der Waals surface area (Å²) in [5.74, 6) is 0.0294. The summed E-state index contributed by atoms with van der Waals surface area (Å²) >= 11 is 0. The Morgan fingerprint density at radius 3 is 2.95 bits per heavy atom. The van der Waals surface area contributed by atoms with Crippen molar-refractivity contribution in [2.45, 2.75) is 12.5 Å². The van der Waals surface area contributed by atoms with Crippen molar-refractivity contribution in [2.24, 2.45) is 0 Å². The van der Waals surface area contributed by atoms with Crippen molar-refractivity contribution in [3.63, 3.8) is 0 Å². The van der Waals surface area contributed by atoms with Crippen molar-refractivity contribution in [3.05, 3.63) is 30.0 Å². The monoisotopic (exact) mass is 258 g/mol. The summed E-state index contributed by atoms with van der Waals surface area (Å²) in [6.45, 7) is 1.59. The molecule has 1 aliphatic rings. The molecule has 5 heteroatoms. The maximum atomic E-state index is 12.5. The van der Waals surface area contributed by atoms with Gasteiger partial charge in [-0.3, -0.25) is 9.89 Å². The number of H-pyrrole nitrogens is 1. The molecule has 1 aromatic carbocycles. The zero-order chi connectivity index (χ0) is 13.4. The number of likely N-dealkylation sites (tertiary alicyclic amines) is 1. The van der Waals surface area contributed by atoms with E-state index in [9.17, 15) is 4.79 Å². The van der Waals surface area contributed by atoms with E-state index in [0.717, 1.165) is 30.4 Å². The molecule has 0 spiro atoms. The van der Waals surface area contributed by atoms with Crippen LogP contribution in [0.15, 0.2) is 24.3 Å². The van der Waals surface area contributed by atoms with Crippen LogP contribution in [0.4, 0.5) is 0 Å². The lowest BCUT2D eigenvalue weighted by atomic mass is 10.2. The number of hydrogen-bond acceptors (Lipinski definition) is 3. The quantitative estimate of drug-likeness (QED) is 0.884. The number of nitrogens with one attached hydrogen (secondary N) is 1. The molecular formula is C14H18N4O. The number of likely N-dealkylation sites (N-methyl/N-ethyl adjacent to an activating group) is 1. The summed E-state index contributed by atoms with van der Waals surface area (Å²) in [5, 5.41) is 8.00. The van der Waals surface area contributed by atoms with Crippen LogP contribution in [-0.2, 0) is 0 Å². The number of rotatable bonds is 2. The zero-order valence-electron chi connectivity index (χ0n) is 11.3. The van der Waals surface area contributed by atoms with E-state index in [4.69, 9.17) is 0 Å². The molecule has 3 rings (SSSR count). The molecule has 1 aromatic heterocycles. The standard InChI is InChI=1S/C14H18N4O/c1-17(2)10-7-8-18(9-10)14(19)13-11-5-3-4-6-12(11)15-16-13/h3-6,10H,7-9H2,1-2H3,(H,15,16). The molecule has 1 unspecified atom stereocenters. The Morgan fingerprint density at radius 1 is 1.42 bits per heavy atom. The first kappa shape index (κ1) is 12.2. The molecular weight excluding hydrogens is 240 g/mol. The number of carbonyl (C=O) groups is 1. The highest BCUT2D eigenvalue weighted by molar-refractivity contribution is 6.04. The third-order valence-electron chi connectivity index (χ3n) is 3.85. The fraction of sp³-hybridized carbons (Fsp3) is 0.429. The normalized spacial score (nSPS) is 19.5. The molecule has 1 fully saturated rings. The molecule has 0 bridgehead atoms. The second kappa shape index (κ2) is 4.66.